The summed E-state index contributed by atoms with van der Waals surface area (Å²) >= 11 is 0. The van der Waals surface area contributed by atoms with Crippen molar-refractivity contribution in [3.63, 3.8) is 0 Å². The fourth-order valence-electron chi connectivity index (χ4n) is 4.79. The van der Waals surface area contributed by atoms with Gasteiger partial charge in [-0.3, -0.25) is 14.2 Å². The second kappa shape index (κ2) is 14.8. The van der Waals surface area contributed by atoms with Gasteiger partial charge in [-0.25, -0.2) is 13.8 Å². The number of halogens is 2. The van der Waals surface area contributed by atoms with E-state index in [0.717, 1.165) is 17.7 Å². The lowest BCUT2D eigenvalue weighted by Crippen LogP contribution is -2.26. The first kappa shape index (κ1) is 31.2. The highest BCUT2D eigenvalue weighted by Gasteiger charge is 2.21. The number of aromatic nitrogens is 3. The van der Waals surface area contributed by atoms with E-state index in [2.05, 4.69) is 11.6 Å². The van der Waals surface area contributed by atoms with Gasteiger partial charge in [0.2, 0.25) is 0 Å². The smallest absolute Gasteiger partial charge is 0.278 e. The third kappa shape index (κ3) is 7.43. The molecule has 2 heterocycles. The largest absolute Gasteiger partial charge is 0.333 e. The maximum atomic E-state index is 13.7. The molecule has 8 heteroatoms. The lowest BCUT2D eigenvalue weighted by molar-refractivity contribution is 0.0970. The number of hydrogen-bond acceptors (Lipinski definition) is 4. The molecule has 6 nitrogen and oxygen atoms in total. The normalized spacial score (nSPS) is 12.4. The van der Waals surface area contributed by atoms with Crippen molar-refractivity contribution >= 4 is 22.9 Å². The van der Waals surface area contributed by atoms with E-state index in [0.29, 0.717) is 16.8 Å². The Morgan fingerprint density at radius 3 is 2.29 bits per heavy atom. The number of nitriles is 1. The molecule has 0 bridgehead atoms. The molecule has 0 amide bonds. The summed E-state index contributed by atoms with van der Waals surface area (Å²) in [5, 5.41) is 9.60. The Balaban J connectivity index is 0.000000505. The number of carbonyl (C=O) groups is 1. The zero-order chi connectivity index (χ0) is 29.9. The van der Waals surface area contributed by atoms with E-state index in [9.17, 15) is 23.6 Å². The van der Waals surface area contributed by atoms with Crippen molar-refractivity contribution in [2.24, 2.45) is 0 Å². The molecule has 1 saturated carbocycles. The Kier molecular flexibility index (Phi) is 11.3. The molecule has 1 aliphatic rings. The molecule has 214 valence electrons. The number of fused-ring (bicyclic) bond motifs is 1. The highest BCUT2D eigenvalue weighted by molar-refractivity contribution is 5.96. The Morgan fingerprint density at radius 2 is 1.71 bits per heavy atom. The minimum absolute atomic E-state index is 0.0253. The van der Waals surface area contributed by atoms with Crippen molar-refractivity contribution in [3.8, 4) is 6.07 Å². The molecule has 5 rings (SSSR count). The monoisotopic (exact) mass is 558 g/mol. The molecular formula is C33H36F2N4O2. The maximum absolute atomic E-state index is 13.7. The van der Waals surface area contributed by atoms with Crippen LogP contribution in [0.25, 0.3) is 17.1 Å². The van der Waals surface area contributed by atoms with Gasteiger partial charge < -0.3 is 4.57 Å². The number of rotatable bonds is 6. The summed E-state index contributed by atoms with van der Waals surface area (Å²) in [5.41, 5.74) is 2.07. The number of nitrogens with zero attached hydrogens (tertiary/aromatic N) is 4. The zero-order valence-electron chi connectivity index (χ0n) is 23.9. The van der Waals surface area contributed by atoms with Crippen molar-refractivity contribution in [2.75, 3.05) is 0 Å². The van der Waals surface area contributed by atoms with Crippen molar-refractivity contribution in [1.29, 1.82) is 5.26 Å². The second-order valence-electron chi connectivity index (χ2n) is 9.66. The maximum Gasteiger partial charge on any atom is 0.278 e. The Morgan fingerprint density at radius 1 is 1.05 bits per heavy atom. The SMILES string of the molecule is C1CCCCC1.C=Cc1cccc(C(=O)Cn2cnc3c(C#N)c(C)n(Cc4ccc(F)c(F)c4)c3c2=O)c1.CC. The molecule has 0 aliphatic heterocycles. The van der Waals surface area contributed by atoms with Gasteiger partial charge in [-0.15, -0.1) is 0 Å². The van der Waals surface area contributed by atoms with Crippen LogP contribution in [0.4, 0.5) is 8.78 Å². The van der Waals surface area contributed by atoms with Gasteiger partial charge in [0.25, 0.3) is 5.56 Å². The van der Waals surface area contributed by atoms with Crippen molar-refractivity contribution < 1.29 is 13.6 Å². The molecule has 0 saturated heterocycles. The lowest BCUT2D eigenvalue weighted by Gasteiger charge is -2.10. The third-order valence-corrected chi connectivity index (χ3v) is 6.98. The molecule has 1 fully saturated rings. The topological polar surface area (TPSA) is 80.7 Å². The van der Waals surface area contributed by atoms with Crippen LogP contribution in [-0.2, 0) is 13.1 Å². The van der Waals surface area contributed by atoms with Gasteiger partial charge in [0.1, 0.15) is 17.1 Å². The number of benzene rings is 2. The van der Waals surface area contributed by atoms with E-state index in [-0.39, 0.29) is 35.5 Å². The van der Waals surface area contributed by atoms with Gasteiger partial charge in [0, 0.05) is 17.8 Å². The fourth-order valence-corrected chi connectivity index (χ4v) is 4.79. The van der Waals surface area contributed by atoms with E-state index in [1.807, 2.05) is 19.9 Å². The number of Topliss-reactive ketones (excluding diaryl/α,β-unsaturated/α-hetero) is 1. The number of carbonyl (C=O) groups excluding carboxylic acids is 1. The number of hydrogen-bond donors (Lipinski definition) is 0. The van der Waals surface area contributed by atoms with Crippen LogP contribution in [0, 0.1) is 29.9 Å². The third-order valence-electron chi connectivity index (χ3n) is 6.98. The van der Waals surface area contributed by atoms with E-state index < -0.39 is 17.2 Å². The molecule has 2 aromatic heterocycles. The quantitative estimate of drug-likeness (QED) is 0.228. The molecule has 1 aliphatic carbocycles. The Labute approximate surface area is 239 Å². The molecule has 4 aromatic rings. The zero-order valence-corrected chi connectivity index (χ0v) is 23.9. The molecule has 0 spiro atoms. The summed E-state index contributed by atoms with van der Waals surface area (Å²) in [4.78, 5) is 30.4. The minimum atomic E-state index is -1.01. The van der Waals surface area contributed by atoms with Crippen molar-refractivity contribution in [1.82, 2.24) is 14.1 Å². The standard InChI is InChI=1S/C25H18F2N4O2.C6H12.C2H6/c1-3-16-5-4-6-18(9-16)22(32)13-30-14-29-23-19(11-28)15(2)31(24(23)25(30)33)12-17-7-8-20(26)21(27)10-17;1-2-4-6-5-3-1;1-2/h3-10,14H,1,12-13H2,2H3;1-6H2;1-2H3. The highest BCUT2D eigenvalue weighted by Crippen LogP contribution is 2.23. The first-order valence-electron chi connectivity index (χ1n) is 14.0. The average molecular weight is 559 g/mol. The predicted molar refractivity (Wildman–Crippen MR) is 159 cm³/mol. The van der Waals surface area contributed by atoms with Crippen molar-refractivity contribution in [2.45, 2.75) is 72.4 Å². The first-order chi connectivity index (χ1) is 19.8. The molecular weight excluding hydrogens is 522 g/mol. The summed E-state index contributed by atoms with van der Waals surface area (Å²) in [6.45, 7) is 9.11. The van der Waals surface area contributed by atoms with Crippen LogP contribution < -0.4 is 5.56 Å². The summed E-state index contributed by atoms with van der Waals surface area (Å²) in [6, 6.07) is 12.4. The molecule has 0 N–H and O–H groups in total. The first-order valence-corrected chi connectivity index (χ1v) is 14.0. The molecule has 0 unspecified atom stereocenters. The van der Waals surface area contributed by atoms with E-state index >= 15 is 0 Å². The van der Waals surface area contributed by atoms with Crippen LogP contribution in [0.5, 0.6) is 0 Å². The van der Waals surface area contributed by atoms with E-state index in [4.69, 9.17) is 0 Å². The van der Waals surface area contributed by atoms with Crippen LogP contribution in [0.15, 0.2) is 60.2 Å². The summed E-state index contributed by atoms with van der Waals surface area (Å²) in [5.74, 6) is -2.28. The van der Waals surface area contributed by atoms with E-state index in [1.165, 1.54) is 60.1 Å². The molecule has 0 radical (unpaired) electrons. The molecule has 2 aromatic carbocycles. The van der Waals surface area contributed by atoms with Crippen LogP contribution in [-0.4, -0.2) is 19.9 Å². The fraction of sp³-hybridized carbons (Fsp3) is 0.333. The van der Waals surface area contributed by atoms with Gasteiger partial charge in [0.05, 0.1) is 18.4 Å². The Bertz CT molecular complexity index is 1610. The second-order valence-corrected chi connectivity index (χ2v) is 9.66. The van der Waals surface area contributed by atoms with Crippen LogP contribution in [0.2, 0.25) is 0 Å². The highest BCUT2D eigenvalue weighted by atomic mass is 19.2. The minimum Gasteiger partial charge on any atom is -0.333 e. The molecule has 41 heavy (non-hydrogen) atoms. The van der Waals surface area contributed by atoms with Gasteiger partial charge >= 0.3 is 0 Å². The van der Waals surface area contributed by atoms with Gasteiger partial charge in [-0.05, 0) is 36.2 Å². The lowest BCUT2D eigenvalue weighted by atomic mass is 10.0. The summed E-state index contributed by atoms with van der Waals surface area (Å²) in [6.07, 6.45) is 11.9. The molecule has 0 atom stereocenters. The van der Waals surface area contributed by atoms with Crippen LogP contribution >= 0.6 is 0 Å². The van der Waals surface area contributed by atoms with Gasteiger partial charge in [-0.1, -0.05) is 89.3 Å². The summed E-state index contributed by atoms with van der Waals surface area (Å²) < 4.78 is 29.8. The average Bonchev–Trinajstić information content (AvgIpc) is 3.29. The van der Waals surface area contributed by atoms with Gasteiger partial charge in [0.15, 0.2) is 17.4 Å². The van der Waals surface area contributed by atoms with Crippen LogP contribution in [0.1, 0.15) is 85.1 Å². The summed E-state index contributed by atoms with van der Waals surface area (Å²) in [7, 11) is 0. The Hall–Kier alpha value is -4.38. The van der Waals surface area contributed by atoms with E-state index in [1.54, 1.807) is 37.3 Å². The number of ketones is 1. The van der Waals surface area contributed by atoms with Gasteiger partial charge in [-0.2, -0.15) is 5.26 Å². The van der Waals surface area contributed by atoms with Crippen molar-refractivity contribution in [3.05, 3.63) is 105 Å². The predicted octanol–water partition coefficient (Wildman–Crippen LogP) is 7.60. The van der Waals surface area contributed by atoms with Crippen LogP contribution in [0.3, 0.4) is 0 Å².